The molecule has 0 radical (unpaired) electrons. The first-order valence-corrected chi connectivity index (χ1v) is 28.1. The van der Waals surface area contributed by atoms with Gasteiger partial charge in [0.15, 0.2) is 0 Å². The molecule has 3 unspecified atom stereocenters. The molecule has 0 saturated carbocycles. The highest BCUT2D eigenvalue weighted by molar-refractivity contribution is 7.45. The summed E-state index contributed by atoms with van der Waals surface area (Å²) >= 11 is 0. The van der Waals surface area contributed by atoms with E-state index in [4.69, 9.17) is 13.8 Å². The smallest absolute Gasteiger partial charge is 0.306 e. The van der Waals surface area contributed by atoms with Crippen LogP contribution in [0.1, 0.15) is 226 Å². The Morgan fingerprint density at radius 3 is 1.52 bits per heavy atom. The molecule has 0 fully saturated rings. The number of hydrogen-bond donors (Lipinski definition) is 1. The first-order valence-electron chi connectivity index (χ1n) is 26.6. The Hall–Kier alpha value is -2.29. The number of amides is 1. The van der Waals surface area contributed by atoms with Crippen molar-refractivity contribution in [2.45, 2.75) is 238 Å². The van der Waals surface area contributed by atoms with Crippen molar-refractivity contribution in [3.05, 3.63) is 60.8 Å². The summed E-state index contributed by atoms with van der Waals surface area (Å²) in [5.74, 6) is -0.586. The van der Waals surface area contributed by atoms with Gasteiger partial charge in [-0.3, -0.25) is 14.2 Å². The van der Waals surface area contributed by atoms with Gasteiger partial charge < -0.3 is 28.5 Å². The van der Waals surface area contributed by atoms with Crippen molar-refractivity contribution >= 4 is 19.7 Å². The molecule has 0 spiro atoms. The first-order chi connectivity index (χ1) is 31.4. The molecule has 65 heavy (non-hydrogen) atoms. The molecule has 1 amide bonds. The maximum Gasteiger partial charge on any atom is 0.306 e. The molecule has 0 rings (SSSR count). The second-order valence-electron chi connectivity index (χ2n) is 19.1. The van der Waals surface area contributed by atoms with Gasteiger partial charge in [0.25, 0.3) is 7.82 Å². The number of esters is 1. The van der Waals surface area contributed by atoms with Crippen molar-refractivity contribution in [2.24, 2.45) is 0 Å². The highest BCUT2D eigenvalue weighted by atomic mass is 31.2. The number of nitrogens with one attached hydrogen (secondary N) is 1. The van der Waals surface area contributed by atoms with E-state index in [0.29, 0.717) is 30.3 Å². The number of likely N-dealkylation sites (N-methyl/N-ethyl adjacent to an activating group) is 1. The van der Waals surface area contributed by atoms with Crippen LogP contribution >= 0.6 is 7.82 Å². The van der Waals surface area contributed by atoms with Gasteiger partial charge in [-0.2, -0.15) is 0 Å². The lowest BCUT2D eigenvalue weighted by atomic mass is 10.0. The molecule has 0 aliphatic rings. The van der Waals surface area contributed by atoms with Gasteiger partial charge in [-0.15, -0.1) is 0 Å². The zero-order valence-corrected chi connectivity index (χ0v) is 43.8. The summed E-state index contributed by atoms with van der Waals surface area (Å²) in [5, 5.41) is 2.99. The summed E-state index contributed by atoms with van der Waals surface area (Å²) in [4.78, 5) is 39.7. The molecule has 0 heterocycles. The van der Waals surface area contributed by atoms with Gasteiger partial charge in [-0.05, 0) is 76.7 Å². The van der Waals surface area contributed by atoms with E-state index >= 15 is 0 Å². The summed E-state index contributed by atoms with van der Waals surface area (Å²) in [5.41, 5.74) is 0. The average molecular weight is 933 g/mol. The van der Waals surface area contributed by atoms with E-state index in [1.807, 2.05) is 39.4 Å². The lowest BCUT2D eigenvalue weighted by Gasteiger charge is -2.30. The van der Waals surface area contributed by atoms with Gasteiger partial charge in [-0.1, -0.05) is 197 Å². The minimum absolute atomic E-state index is 0.0300. The third-order valence-electron chi connectivity index (χ3n) is 11.5. The third kappa shape index (κ3) is 46.6. The highest BCUT2D eigenvalue weighted by Crippen LogP contribution is 2.38. The maximum absolute atomic E-state index is 13.4. The second kappa shape index (κ2) is 45.5. The van der Waals surface area contributed by atoms with Gasteiger partial charge in [0.2, 0.25) is 5.91 Å². The predicted molar refractivity (Wildman–Crippen MR) is 275 cm³/mol. The van der Waals surface area contributed by atoms with Crippen LogP contribution in [0, 0.1) is 0 Å². The van der Waals surface area contributed by atoms with Crippen molar-refractivity contribution in [3.63, 3.8) is 0 Å². The SMILES string of the molecule is CC/C=C/C=C/C=C\CCCCCCCC(=O)OC(/C=C/CCCCCCCCCCCC)C(COP(=O)([O-])OCC[N+](C)(C)C)NC(=O)CCCCC/C=C\CCCCCCCCC. The largest absolute Gasteiger partial charge is 0.756 e. The van der Waals surface area contributed by atoms with Crippen molar-refractivity contribution in [3.8, 4) is 0 Å². The second-order valence-corrected chi connectivity index (χ2v) is 20.5. The number of unbranched alkanes of at least 4 members (excludes halogenated alkanes) is 25. The predicted octanol–water partition coefficient (Wildman–Crippen LogP) is 14.9. The Morgan fingerprint density at radius 2 is 1.00 bits per heavy atom. The molecule has 0 aliphatic carbocycles. The van der Waals surface area contributed by atoms with Crippen LogP contribution in [-0.4, -0.2) is 69.4 Å². The van der Waals surface area contributed by atoms with E-state index in [2.05, 4.69) is 68.6 Å². The van der Waals surface area contributed by atoms with E-state index in [0.717, 1.165) is 83.5 Å². The molecule has 10 heteroatoms. The van der Waals surface area contributed by atoms with Crippen LogP contribution in [0.5, 0.6) is 0 Å². The Labute approximate surface area is 401 Å². The topological polar surface area (TPSA) is 114 Å². The van der Waals surface area contributed by atoms with Gasteiger partial charge in [0.1, 0.15) is 19.3 Å². The molecule has 0 bridgehead atoms. The van der Waals surface area contributed by atoms with Gasteiger partial charge >= 0.3 is 5.97 Å². The molecular formula is C55H101N2O7P. The Bertz CT molecular complexity index is 1300. The van der Waals surface area contributed by atoms with E-state index < -0.39 is 26.6 Å². The molecule has 0 aromatic heterocycles. The minimum atomic E-state index is -4.70. The van der Waals surface area contributed by atoms with Crippen molar-refractivity contribution < 1.29 is 37.3 Å². The van der Waals surface area contributed by atoms with Crippen LogP contribution in [-0.2, 0) is 27.9 Å². The zero-order chi connectivity index (χ0) is 48.0. The van der Waals surface area contributed by atoms with Crippen molar-refractivity contribution in [1.82, 2.24) is 5.32 Å². The van der Waals surface area contributed by atoms with Gasteiger partial charge in [0.05, 0.1) is 33.8 Å². The number of ether oxygens (including phenoxy) is 1. The fraction of sp³-hybridized carbons (Fsp3) is 0.782. The molecule has 0 aliphatic heterocycles. The first kappa shape index (κ1) is 62.7. The summed E-state index contributed by atoms with van der Waals surface area (Å²) in [6.07, 6.45) is 54.7. The van der Waals surface area contributed by atoms with Crippen LogP contribution in [0.4, 0.5) is 0 Å². The summed E-state index contributed by atoms with van der Waals surface area (Å²) in [7, 11) is 1.16. The molecule has 1 N–H and O–H groups in total. The van der Waals surface area contributed by atoms with Crippen LogP contribution in [0.3, 0.4) is 0 Å². The quantitative estimate of drug-likeness (QED) is 0.0161. The van der Waals surface area contributed by atoms with Crippen molar-refractivity contribution in [1.29, 1.82) is 0 Å². The molecule has 378 valence electrons. The number of rotatable bonds is 47. The number of phosphoric acid groups is 1. The minimum Gasteiger partial charge on any atom is -0.756 e. The molecule has 0 saturated heterocycles. The molecule has 3 atom stereocenters. The van der Waals surface area contributed by atoms with E-state index in [1.165, 1.54) is 96.3 Å². The summed E-state index contributed by atoms with van der Waals surface area (Å²) in [6.45, 7) is 6.66. The Kier molecular flexibility index (Phi) is 43.9. The number of phosphoric ester groups is 1. The van der Waals surface area contributed by atoms with Crippen LogP contribution in [0.25, 0.3) is 0 Å². The normalized spacial score (nSPS) is 14.4. The van der Waals surface area contributed by atoms with Crippen LogP contribution in [0.15, 0.2) is 60.8 Å². The van der Waals surface area contributed by atoms with E-state index in [-0.39, 0.29) is 24.9 Å². The fourth-order valence-corrected chi connectivity index (χ4v) is 8.06. The van der Waals surface area contributed by atoms with Crippen LogP contribution in [0.2, 0.25) is 0 Å². The number of hydrogen-bond acceptors (Lipinski definition) is 7. The summed E-state index contributed by atoms with van der Waals surface area (Å²) in [6, 6.07) is -0.903. The third-order valence-corrected chi connectivity index (χ3v) is 12.5. The molecule has 0 aromatic rings. The van der Waals surface area contributed by atoms with Gasteiger partial charge in [-0.25, -0.2) is 0 Å². The summed E-state index contributed by atoms with van der Waals surface area (Å²) < 4.78 is 30.1. The lowest BCUT2D eigenvalue weighted by molar-refractivity contribution is -0.870. The Balaban J connectivity index is 5.48. The zero-order valence-electron chi connectivity index (χ0n) is 42.9. The van der Waals surface area contributed by atoms with Gasteiger partial charge in [0, 0.05) is 12.8 Å². The maximum atomic E-state index is 13.4. The number of quaternary nitrogens is 1. The standard InChI is InChI=1S/C55H101N2O7P/c1-7-10-13-16-19-22-25-28-30-32-35-38-41-44-47-54(58)56-52(51-63-65(60,61)62-50-49-57(4,5)6)53(46-43-40-37-34-31-27-24-21-18-15-12-9-3)64-55(59)48-45-42-39-36-33-29-26-23-20-17-14-11-8-2/h11,14,17,20,23,26,30,32,43,46,52-53H,7-10,12-13,15-16,18-19,21-22,24-25,27-29,31,33-42,44-45,47-51H2,1-6H3,(H-,56,58,60,61)/b14-11+,20-17+,26-23-,32-30-,46-43+. The highest BCUT2D eigenvalue weighted by Gasteiger charge is 2.27. The van der Waals surface area contributed by atoms with E-state index in [1.54, 1.807) is 0 Å². The van der Waals surface area contributed by atoms with Crippen molar-refractivity contribution in [2.75, 3.05) is 40.9 Å². The van der Waals surface area contributed by atoms with Crippen LogP contribution < -0.4 is 10.2 Å². The number of carbonyl (C=O) groups is 2. The fourth-order valence-electron chi connectivity index (χ4n) is 7.34. The monoisotopic (exact) mass is 933 g/mol. The number of nitrogens with zero attached hydrogens (tertiary/aromatic N) is 1. The Morgan fingerprint density at radius 1 is 0.554 bits per heavy atom. The molecule has 0 aromatic carbocycles. The lowest BCUT2D eigenvalue weighted by Crippen LogP contribution is -2.47. The number of allylic oxidation sites excluding steroid dienone is 9. The van der Waals surface area contributed by atoms with E-state index in [9.17, 15) is 19.0 Å². The molecule has 9 nitrogen and oxygen atoms in total. The average Bonchev–Trinajstić information content (AvgIpc) is 3.26. The molecular weight excluding hydrogens is 832 g/mol. The number of carbonyl (C=O) groups excluding carboxylic acids is 2.